The van der Waals surface area contributed by atoms with Crippen LogP contribution in [0.3, 0.4) is 0 Å². The summed E-state index contributed by atoms with van der Waals surface area (Å²) < 4.78 is 1.84. The molecule has 0 spiro atoms. The Hall–Kier alpha value is -3.16. The van der Waals surface area contributed by atoms with Crippen LogP contribution in [-0.4, -0.2) is 35.0 Å². The third-order valence-corrected chi connectivity index (χ3v) is 6.07. The summed E-state index contributed by atoms with van der Waals surface area (Å²) in [5.74, 6) is 0.123. The number of nitro groups is 1. The Balaban J connectivity index is 1.61. The number of nitrogens with zero attached hydrogens (tertiary/aromatic N) is 3. The summed E-state index contributed by atoms with van der Waals surface area (Å²) in [5, 5.41) is 14.6. The van der Waals surface area contributed by atoms with Gasteiger partial charge in [-0.3, -0.25) is 19.7 Å². The van der Waals surface area contributed by atoms with Crippen molar-refractivity contribution in [2.24, 2.45) is 5.92 Å². The number of pyridine rings is 1. The Labute approximate surface area is 174 Å². The first kappa shape index (κ1) is 20.1. The molecule has 3 heterocycles. The third kappa shape index (κ3) is 3.81. The fourth-order valence-electron chi connectivity index (χ4n) is 4.65. The zero-order valence-corrected chi connectivity index (χ0v) is 17.0. The van der Waals surface area contributed by atoms with Crippen molar-refractivity contribution in [2.45, 2.75) is 38.6 Å². The first-order valence-corrected chi connectivity index (χ1v) is 10.5. The summed E-state index contributed by atoms with van der Waals surface area (Å²) >= 11 is 0. The largest absolute Gasteiger partial charge is 0.365 e. The molecule has 0 saturated carbocycles. The number of piperidine rings is 1. The van der Waals surface area contributed by atoms with E-state index in [1.54, 1.807) is 24.3 Å². The lowest BCUT2D eigenvalue weighted by molar-refractivity contribution is -0.384. The lowest BCUT2D eigenvalue weighted by Crippen LogP contribution is -2.47. The Morgan fingerprint density at radius 1 is 1.23 bits per heavy atom. The van der Waals surface area contributed by atoms with Gasteiger partial charge in [0.25, 0.3) is 17.2 Å². The molecule has 2 aliphatic heterocycles. The number of hydrogen-bond donors (Lipinski definition) is 1. The SMILES string of the molecule is CCCCNC(=O)c1ccc(N2CC3CC(C2)c2cccc(=O)n2C3)c([N+](=O)[O-])c1. The van der Waals surface area contributed by atoms with Crippen LogP contribution in [0.2, 0.25) is 0 Å². The third-order valence-electron chi connectivity index (χ3n) is 6.07. The number of carbonyl (C=O) groups excluding carboxylic acids is 1. The number of unbranched alkanes of at least 4 members (excludes halogenated alkanes) is 1. The molecule has 158 valence electrons. The number of nitrogens with one attached hydrogen (secondary N) is 1. The average molecular weight is 410 g/mol. The van der Waals surface area contributed by atoms with Crippen molar-refractivity contribution >= 4 is 17.3 Å². The summed E-state index contributed by atoms with van der Waals surface area (Å²) in [4.78, 5) is 38.0. The lowest BCUT2D eigenvalue weighted by Gasteiger charge is -2.43. The first-order chi connectivity index (χ1) is 14.5. The van der Waals surface area contributed by atoms with Crippen LogP contribution in [0.5, 0.6) is 0 Å². The monoisotopic (exact) mass is 410 g/mol. The van der Waals surface area contributed by atoms with Crippen LogP contribution in [0.4, 0.5) is 11.4 Å². The van der Waals surface area contributed by atoms with Gasteiger partial charge in [0.1, 0.15) is 5.69 Å². The van der Waals surface area contributed by atoms with Crippen molar-refractivity contribution in [3.8, 4) is 0 Å². The van der Waals surface area contributed by atoms with Crippen molar-refractivity contribution < 1.29 is 9.72 Å². The molecule has 4 rings (SSSR count). The molecule has 0 aliphatic carbocycles. The Bertz CT molecular complexity index is 1030. The molecule has 1 N–H and O–H groups in total. The second-order valence-electron chi connectivity index (χ2n) is 8.17. The number of nitro benzene ring substituents is 1. The molecule has 2 bridgehead atoms. The van der Waals surface area contributed by atoms with Crippen LogP contribution >= 0.6 is 0 Å². The number of aromatic nitrogens is 1. The van der Waals surface area contributed by atoms with Crippen molar-refractivity contribution in [3.63, 3.8) is 0 Å². The van der Waals surface area contributed by atoms with Gasteiger partial charge in [0.15, 0.2) is 0 Å². The smallest absolute Gasteiger partial charge is 0.293 e. The quantitative estimate of drug-likeness (QED) is 0.449. The van der Waals surface area contributed by atoms with Gasteiger partial charge >= 0.3 is 0 Å². The summed E-state index contributed by atoms with van der Waals surface area (Å²) in [6.07, 6.45) is 2.81. The minimum Gasteiger partial charge on any atom is -0.365 e. The predicted molar refractivity (Wildman–Crippen MR) is 114 cm³/mol. The highest BCUT2D eigenvalue weighted by atomic mass is 16.6. The maximum absolute atomic E-state index is 12.3. The number of hydrogen-bond acceptors (Lipinski definition) is 5. The molecule has 1 amide bonds. The van der Waals surface area contributed by atoms with Gasteiger partial charge in [-0.05, 0) is 37.0 Å². The normalized spacial score (nSPS) is 19.8. The topological polar surface area (TPSA) is 97.5 Å². The standard InChI is InChI=1S/C22H26N4O4/c1-2-3-9-23-22(28)16-7-8-19(20(11-16)26(29)30)24-12-15-10-17(14-24)18-5-4-6-21(27)25(18)13-15/h4-8,11,15,17H,2-3,9-10,12-14H2,1H3,(H,23,28). The highest BCUT2D eigenvalue weighted by molar-refractivity contribution is 5.95. The molecular weight excluding hydrogens is 384 g/mol. The summed E-state index contributed by atoms with van der Waals surface area (Å²) in [7, 11) is 0. The molecule has 8 heteroatoms. The van der Waals surface area contributed by atoms with E-state index in [0.29, 0.717) is 37.4 Å². The number of fused-ring (bicyclic) bond motifs is 4. The van der Waals surface area contributed by atoms with E-state index < -0.39 is 4.92 Å². The van der Waals surface area contributed by atoms with E-state index in [4.69, 9.17) is 0 Å². The zero-order valence-electron chi connectivity index (χ0n) is 17.0. The summed E-state index contributed by atoms with van der Waals surface area (Å²) in [6.45, 7) is 4.49. The van der Waals surface area contributed by atoms with Gasteiger partial charge in [0, 0.05) is 55.5 Å². The molecule has 1 aromatic carbocycles. The molecule has 2 atom stereocenters. The molecule has 2 unspecified atom stereocenters. The molecule has 1 saturated heterocycles. The van der Waals surface area contributed by atoms with Crippen molar-refractivity contribution in [3.05, 3.63) is 68.1 Å². The van der Waals surface area contributed by atoms with E-state index in [9.17, 15) is 19.7 Å². The molecule has 8 nitrogen and oxygen atoms in total. The second-order valence-corrected chi connectivity index (χ2v) is 8.17. The van der Waals surface area contributed by atoms with Gasteiger partial charge < -0.3 is 14.8 Å². The summed E-state index contributed by atoms with van der Waals surface area (Å²) in [5.41, 5.74) is 1.80. The number of amides is 1. The molecule has 2 aliphatic rings. The maximum Gasteiger partial charge on any atom is 0.293 e. The minimum absolute atomic E-state index is 0.0140. The predicted octanol–water partition coefficient (Wildman–Crippen LogP) is 2.91. The van der Waals surface area contributed by atoms with Crippen LogP contribution in [-0.2, 0) is 6.54 Å². The second kappa shape index (κ2) is 8.30. The lowest BCUT2D eigenvalue weighted by atomic mass is 9.83. The molecule has 2 aromatic rings. The van der Waals surface area contributed by atoms with Crippen LogP contribution in [0, 0.1) is 16.0 Å². The van der Waals surface area contributed by atoms with Crippen molar-refractivity contribution in [1.29, 1.82) is 0 Å². The van der Waals surface area contributed by atoms with Crippen LogP contribution < -0.4 is 15.8 Å². The molecule has 0 radical (unpaired) electrons. The fourth-order valence-corrected chi connectivity index (χ4v) is 4.65. The van der Waals surface area contributed by atoms with Gasteiger partial charge in [0.2, 0.25) is 0 Å². The number of rotatable bonds is 6. The highest BCUT2D eigenvalue weighted by Crippen LogP contribution is 2.39. The Morgan fingerprint density at radius 2 is 2.07 bits per heavy atom. The number of anilines is 1. The molecule has 1 fully saturated rings. The van der Waals surface area contributed by atoms with Crippen molar-refractivity contribution in [2.75, 3.05) is 24.5 Å². The van der Waals surface area contributed by atoms with E-state index >= 15 is 0 Å². The maximum atomic E-state index is 12.3. The highest BCUT2D eigenvalue weighted by Gasteiger charge is 2.36. The van der Waals surface area contributed by atoms with Gasteiger partial charge in [-0.15, -0.1) is 0 Å². The number of benzene rings is 1. The fraction of sp³-hybridized carbons (Fsp3) is 0.455. The van der Waals surface area contributed by atoms with E-state index in [1.807, 2.05) is 22.5 Å². The van der Waals surface area contributed by atoms with Gasteiger partial charge in [0.05, 0.1) is 4.92 Å². The molecular formula is C22H26N4O4. The molecule has 30 heavy (non-hydrogen) atoms. The van der Waals surface area contributed by atoms with Crippen LogP contribution in [0.15, 0.2) is 41.2 Å². The Kier molecular flexibility index (Phi) is 5.57. The molecule has 1 aromatic heterocycles. The van der Waals surface area contributed by atoms with Crippen LogP contribution in [0.25, 0.3) is 0 Å². The number of carbonyl (C=O) groups is 1. The Morgan fingerprint density at radius 3 is 2.83 bits per heavy atom. The van der Waals surface area contributed by atoms with E-state index in [-0.39, 0.29) is 29.0 Å². The zero-order chi connectivity index (χ0) is 21.3. The van der Waals surface area contributed by atoms with Gasteiger partial charge in [-0.1, -0.05) is 19.4 Å². The van der Waals surface area contributed by atoms with Crippen LogP contribution in [0.1, 0.15) is 48.2 Å². The minimum atomic E-state index is -0.416. The van der Waals surface area contributed by atoms with E-state index in [1.165, 1.54) is 6.07 Å². The average Bonchev–Trinajstić information content (AvgIpc) is 2.74. The first-order valence-electron chi connectivity index (χ1n) is 10.5. The van der Waals surface area contributed by atoms with E-state index in [0.717, 1.165) is 25.0 Å². The van der Waals surface area contributed by atoms with Gasteiger partial charge in [-0.25, -0.2) is 0 Å². The van der Waals surface area contributed by atoms with E-state index in [2.05, 4.69) is 5.32 Å². The van der Waals surface area contributed by atoms with Crippen molar-refractivity contribution in [1.82, 2.24) is 9.88 Å². The van der Waals surface area contributed by atoms with Gasteiger partial charge in [-0.2, -0.15) is 0 Å². The summed E-state index contributed by atoms with van der Waals surface area (Å²) in [6, 6.07) is 10.1.